The van der Waals surface area contributed by atoms with Gasteiger partial charge in [0.05, 0.1) is 12.0 Å². The molecule has 2 N–H and O–H groups in total. The molecule has 0 aliphatic heterocycles. The first kappa shape index (κ1) is 18.2. The third-order valence-corrected chi connectivity index (χ3v) is 2.97. The fourth-order valence-corrected chi connectivity index (χ4v) is 1.78. The Morgan fingerprint density at radius 3 is 2.52 bits per heavy atom. The first-order valence-corrected chi connectivity index (χ1v) is 6.73. The summed E-state index contributed by atoms with van der Waals surface area (Å²) >= 11 is 0. The summed E-state index contributed by atoms with van der Waals surface area (Å²) < 4.78 is 10.1. The number of nitro groups is 1. The van der Waals surface area contributed by atoms with Crippen LogP contribution in [0.4, 0.5) is 5.69 Å². The molecule has 23 heavy (non-hydrogen) atoms. The van der Waals surface area contributed by atoms with Gasteiger partial charge in [-0.1, -0.05) is 13.8 Å². The number of aliphatic carboxylic acids is 1. The van der Waals surface area contributed by atoms with Crippen LogP contribution in [-0.4, -0.2) is 41.7 Å². The Kier molecular flexibility index (Phi) is 6.31. The van der Waals surface area contributed by atoms with E-state index in [0.29, 0.717) is 0 Å². The van der Waals surface area contributed by atoms with Gasteiger partial charge in [0.1, 0.15) is 11.8 Å². The van der Waals surface area contributed by atoms with Gasteiger partial charge in [0.15, 0.2) is 6.61 Å². The van der Waals surface area contributed by atoms with Gasteiger partial charge >= 0.3 is 11.7 Å². The topological polar surface area (TPSA) is 128 Å². The Balaban J connectivity index is 2.69. The summed E-state index contributed by atoms with van der Waals surface area (Å²) in [7, 11) is 1.28. The molecule has 1 aromatic rings. The number of carboxylic acid groups (broad SMARTS) is 1. The summed E-state index contributed by atoms with van der Waals surface area (Å²) in [6, 6.07) is 2.78. The molecule has 1 amide bonds. The second-order valence-electron chi connectivity index (χ2n) is 5.01. The van der Waals surface area contributed by atoms with E-state index in [1.54, 1.807) is 13.8 Å². The normalized spacial score (nSPS) is 11.7. The third kappa shape index (κ3) is 5.13. The first-order valence-electron chi connectivity index (χ1n) is 6.73. The summed E-state index contributed by atoms with van der Waals surface area (Å²) in [6.45, 7) is 2.92. The highest BCUT2D eigenvalue weighted by Gasteiger charge is 2.23. The molecule has 9 heteroatoms. The molecule has 1 atom stereocenters. The Hall–Kier alpha value is -2.84. The molecule has 0 fully saturated rings. The molecule has 0 aliphatic carbocycles. The van der Waals surface area contributed by atoms with Crippen LogP contribution in [0.5, 0.6) is 11.5 Å². The van der Waals surface area contributed by atoms with Crippen LogP contribution in [0.3, 0.4) is 0 Å². The van der Waals surface area contributed by atoms with Crippen molar-refractivity contribution >= 4 is 17.6 Å². The number of hydrogen-bond acceptors (Lipinski definition) is 6. The van der Waals surface area contributed by atoms with Crippen molar-refractivity contribution in [3.63, 3.8) is 0 Å². The quantitative estimate of drug-likeness (QED) is 0.542. The van der Waals surface area contributed by atoms with Gasteiger partial charge in [0.25, 0.3) is 5.91 Å². The van der Waals surface area contributed by atoms with E-state index in [4.69, 9.17) is 14.6 Å². The number of amides is 1. The van der Waals surface area contributed by atoms with Gasteiger partial charge in [0, 0.05) is 12.1 Å². The van der Waals surface area contributed by atoms with E-state index in [1.807, 2.05) is 0 Å². The number of methoxy groups -OCH3 is 1. The van der Waals surface area contributed by atoms with Crippen molar-refractivity contribution in [2.75, 3.05) is 13.7 Å². The Bertz CT molecular complexity index is 601. The fraction of sp³-hybridized carbons (Fsp3) is 0.429. The lowest BCUT2D eigenvalue weighted by atomic mass is 10.1. The van der Waals surface area contributed by atoms with E-state index in [0.717, 1.165) is 0 Å². The number of nitrogens with one attached hydrogen (secondary N) is 1. The van der Waals surface area contributed by atoms with Crippen molar-refractivity contribution in [2.24, 2.45) is 5.92 Å². The number of hydrogen-bond donors (Lipinski definition) is 2. The van der Waals surface area contributed by atoms with Crippen LogP contribution in [-0.2, 0) is 9.59 Å². The van der Waals surface area contributed by atoms with Gasteiger partial charge in [-0.2, -0.15) is 0 Å². The van der Waals surface area contributed by atoms with E-state index >= 15 is 0 Å². The Morgan fingerprint density at radius 2 is 2.04 bits per heavy atom. The van der Waals surface area contributed by atoms with E-state index in [2.05, 4.69) is 5.32 Å². The number of carbonyl (C=O) groups excluding carboxylic acids is 1. The van der Waals surface area contributed by atoms with Crippen LogP contribution in [0.25, 0.3) is 0 Å². The summed E-state index contributed by atoms with van der Waals surface area (Å²) in [5, 5.41) is 22.1. The van der Waals surface area contributed by atoms with E-state index < -0.39 is 29.4 Å². The van der Waals surface area contributed by atoms with Crippen molar-refractivity contribution in [2.45, 2.75) is 19.9 Å². The molecule has 0 aliphatic rings. The van der Waals surface area contributed by atoms with Crippen LogP contribution >= 0.6 is 0 Å². The number of carboxylic acids is 1. The zero-order valence-electron chi connectivity index (χ0n) is 12.9. The lowest BCUT2D eigenvalue weighted by Gasteiger charge is -2.18. The zero-order valence-corrected chi connectivity index (χ0v) is 12.9. The van der Waals surface area contributed by atoms with Crippen molar-refractivity contribution < 1.29 is 29.1 Å². The minimum Gasteiger partial charge on any atom is -0.490 e. The highest BCUT2D eigenvalue weighted by atomic mass is 16.6. The smallest absolute Gasteiger partial charge is 0.326 e. The lowest BCUT2D eigenvalue weighted by molar-refractivity contribution is -0.385. The Morgan fingerprint density at radius 1 is 1.39 bits per heavy atom. The first-order chi connectivity index (χ1) is 10.8. The third-order valence-electron chi connectivity index (χ3n) is 2.97. The molecule has 0 bridgehead atoms. The van der Waals surface area contributed by atoms with Crippen LogP contribution in [0.2, 0.25) is 0 Å². The number of nitrogens with zero attached hydrogens (tertiary/aromatic N) is 1. The maximum atomic E-state index is 11.7. The van der Waals surface area contributed by atoms with Crippen LogP contribution in [0.15, 0.2) is 18.2 Å². The van der Waals surface area contributed by atoms with Gasteiger partial charge in [0.2, 0.25) is 5.75 Å². The molecule has 0 radical (unpaired) electrons. The molecular formula is C14H18N2O7. The van der Waals surface area contributed by atoms with Crippen LogP contribution < -0.4 is 14.8 Å². The number of nitro benzene ring substituents is 1. The van der Waals surface area contributed by atoms with E-state index in [1.165, 1.54) is 25.3 Å². The minimum absolute atomic E-state index is 0.00139. The van der Waals surface area contributed by atoms with Crippen molar-refractivity contribution in [1.82, 2.24) is 5.32 Å². The number of carbonyl (C=O) groups is 2. The van der Waals surface area contributed by atoms with E-state index in [-0.39, 0.29) is 23.1 Å². The molecule has 1 aromatic carbocycles. The summed E-state index contributed by atoms with van der Waals surface area (Å²) in [5.41, 5.74) is -0.227. The van der Waals surface area contributed by atoms with Crippen molar-refractivity contribution in [3.8, 4) is 11.5 Å². The fourth-order valence-electron chi connectivity index (χ4n) is 1.78. The number of rotatable bonds is 8. The standard InChI is InChI=1S/C14H18N2O7/c1-8(2)13(14(18)19)15-12(17)7-23-9-4-5-10(16(20)21)11(6-9)22-3/h4-6,8,13H,7H2,1-3H3,(H,15,17)(H,18,19)/t13-/m0/s1. The van der Waals surface area contributed by atoms with Crippen molar-refractivity contribution in [3.05, 3.63) is 28.3 Å². The highest BCUT2D eigenvalue weighted by molar-refractivity contribution is 5.84. The predicted octanol–water partition coefficient (Wildman–Crippen LogP) is 1.21. The second kappa shape index (κ2) is 7.97. The Labute approximate surface area is 132 Å². The molecule has 0 unspecified atom stereocenters. The van der Waals surface area contributed by atoms with Gasteiger partial charge in [-0.15, -0.1) is 0 Å². The van der Waals surface area contributed by atoms with Gasteiger partial charge in [-0.05, 0) is 12.0 Å². The van der Waals surface area contributed by atoms with Gasteiger partial charge in [-0.3, -0.25) is 14.9 Å². The molecule has 9 nitrogen and oxygen atoms in total. The average molecular weight is 326 g/mol. The molecule has 0 spiro atoms. The summed E-state index contributed by atoms with van der Waals surface area (Å²) in [4.78, 5) is 32.9. The minimum atomic E-state index is -1.13. The van der Waals surface area contributed by atoms with Crippen molar-refractivity contribution in [1.29, 1.82) is 0 Å². The highest BCUT2D eigenvalue weighted by Crippen LogP contribution is 2.30. The van der Waals surface area contributed by atoms with Gasteiger partial charge in [-0.25, -0.2) is 4.79 Å². The molecule has 0 heterocycles. The SMILES string of the molecule is COc1cc(OCC(=O)N[C@H](C(=O)O)C(C)C)ccc1[N+](=O)[O-]. The maximum absolute atomic E-state index is 11.7. The molecule has 126 valence electrons. The summed E-state index contributed by atoms with van der Waals surface area (Å²) in [5.74, 6) is -1.83. The summed E-state index contributed by atoms with van der Waals surface area (Å²) in [6.07, 6.45) is 0. The lowest BCUT2D eigenvalue weighted by Crippen LogP contribution is -2.46. The maximum Gasteiger partial charge on any atom is 0.326 e. The predicted molar refractivity (Wildman–Crippen MR) is 79.5 cm³/mol. The monoisotopic (exact) mass is 326 g/mol. The molecule has 0 saturated heterocycles. The van der Waals surface area contributed by atoms with Crippen LogP contribution in [0, 0.1) is 16.0 Å². The second-order valence-corrected chi connectivity index (χ2v) is 5.01. The number of benzene rings is 1. The zero-order chi connectivity index (χ0) is 17.6. The molecular weight excluding hydrogens is 308 g/mol. The largest absolute Gasteiger partial charge is 0.490 e. The molecule has 0 saturated carbocycles. The molecule has 1 rings (SSSR count). The average Bonchev–Trinajstić information content (AvgIpc) is 2.49. The van der Waals surface area contributed by atoms with Gasteiger partial charge < -0.3 is 19.9 Å². The molecule has 0 aromatic heterocycles. The van der Waals surface area contributed by atoms with E-state index in [9.17, 15) is 19.7 Å². The van der Waals surface area contributed by atoms with Crippen LogP contribution in [0.1, 0.15) is 13.8 Å². The number of ether oxygens (including phenoxy) is 2.